The highest BCUT2D eigenvalue weighted by atomic mass is 127. The van der Waals surface area contributed by atoms with Gasteiger partial charge in [0.2, 0.25) is 0 Å². The summed E-state index contributed by atoms with van der Waals surface area (Å²) in [6.07, 6.45) is 0.702. The molecule has 0 amide bonds. The van der Waals surface area contributed by atoms with Crippen molar-refractivity contribution in [3.8, 4) is 5.75 Å². The Morgan fingerprint density at radius 1 is 1.50 bits per heavy atom. The lowest BCUT2D eigenvalue weighted by Gasteiger charge is -2.12. The molecule has 0 radical (unpaired) electrons. The molecule has 16 heavy (non-hydrogen) atoms. The van der Waals surface area contributed by atoms with E-state index in [0.29, 0.717) is 9.99 Å². The summed E-state index contributed by atoms with van der Waals surface area (Å²) in [4.78, 5) is 11.3. The van der Waals surface area contributed by atoms with Crippen molar-refractivity contribution in [3.63, 3.8) is 0 Å². The molecule has 1 aromatic rings. The number of ether oxygens (including phenoxy) is 1. The van der Waals surface area contributed by atoms with Crippen molar-refractivity contribution in [2.75, 3.05) is 0 Å². The van der Waals surface area contributed by atoms with Gasteiger partial charge in [-0.15, -0.1) is 0 Å². The second kappa shape index (κ2) is 5.56. The number of carbonyl (C=O) groups is 1. The van der Waals surface area contributed by atoms with Crippen LogP contribution >= 0.6 is 22.6 Å². The molecule has 88 valence electrons. The van der Waals surface area contributed by atoms with Gasteiger partial charge < -0.3 is 4.74 Å². The number of hydrogen-bond donors (Lipinski definition) is 0. The highest BCUT2D eigenvalue weighted by Gasteiger charge is 2.17. The number of ketones is 1. The Morgan fingerprint density at radius 2 is 2.12 bits per heavy atom. The molecule has 0 N–H and O–H groups in total. The van der Waals surface area contributed by atoms with Crippen LogP contribution in [0, 0.1) is 3.57 Å². The molecule has 0 saturated heterocycles. The molecular formula is C11H11F2IO2. The SMILES string of the molecule is CCc1cc(I)c(C(C)=O)c(OC(F)F)c1. The standard InChI is InChI=1S/C11H11F2IO2/c1-3-7-4-8(14)10(6(2)15)9(5-7)16-11(12)13/h4-5,11H,3H2,1-2H3. The van der Waals surface area contributed by atoms with Crippen molar-refractivity contribution in [2.45, 2.75) is 26.9 Å². The maximum absolute atomic E-state index is 12.2. The van der Waals surface area contributed by atoms with Crippen LogP contribution in [0.4, 0.5) is 8.78 Å². The largest absolute Gasteiger partial charge is 0.434 e. The van der Waals surface area contributed by atoms with Crippen LogP contribution in [0.15, 0.2) is 12.1 Å². The fourth-order valence-corrected chi connectivity index (χ4v) is 2.42. The lowest BCUT2D eigenvalue weighted by atomic mass is 10.1. The molecule has 0 heterocycles. The molecule has 0 spiro atoms. The molecule has 0 aliphatic heterocycles. The average molecular weight is 340 g/mol. The summed E-state index contributed by atoms with van der Waals surface area (Å²) in [6, 6.07) is 3.29. The first-order valence-corrected chi connectivity index (χ1v) is 5.81. The maximum Gasteiger partial charge on any atom is 0.387 e. The van der Waals surface area contributed by atoms with Crippen LogP contribution in [-0.4, -0.2) is 12.4 Å². The van der Waals surface area contributed by atoms with Crippen molar-refractivity contribution in [1.29, 1.82) is 0 Å². The monoisotopic (exact) mass is 340 g/mol. The summed E-state index contributed by atoms with van der Waals surface area (Å²) in [7, 11) is 0. The zero-order valence-corrected chi connectivity index (χ0v) is 11.0. The zero-order valence-electron chi connectivity index (χ0n) is 8.89. The van der Waals surface area contributed by atoms with Gasteiger partial charge >= 0.3 is 6.61 Å². The van der Waals surface area contributed by atoms with E-state index in [-0.39, 0.29) is 17.1 Å². The van der Waals surface area contributed by atoms with Crippen molar-refractivity contribution in [2.24, 2.45) is 0 Å². The summed E-state index contributed by atoms with van der Waals surface area (Å²) < 4.78 is 29.4. The van der Waals surface area contributed by atoms with Crippen molar-refractivity contribution < 1.29 is 18.3 Å². The first-order chi connectivity index (χ1) is 7.45. The fraction of sp³-hybridized carbons (Fsp3) is 0.364. The minimum absolute atomic E-state index is 0.0359. The van der Waals surface area contributed by atoms with Crippen LogP contribution in [0.25, 0.3) is 0 Å². The summed E-state index contributed by atoms with van der Waals surface area (Å²) in [5.41, 5.74) is 1.09. The van der Waals surface area contributed by atoms with Gasteiger partial charge in [-0.25, -0.2) is 0 Å². The molecule has 1 aromatic carbocycles. The first-order valence-electron chi connectivity index (χ1n) is 4.73. The number of alkyl halides is 2. The van der Waals surface area contributed by atoms with E-state index in [0.717, 1.165) is 5.56 Å². The topological polar surface area (TPSA) is 26.3 Å². The van der Waals surface area contributed by atoms with Gasteiger partial charge in [0, 0.05) is 3.57 Å². The first kappa shape index (κ1) is 13.3. The highest BCUT2D eigenvalue weighted by molar-refractivity contribution is 14.1. The van der Waals surface area contributed by atoms with E-state index in [4.69, 9.17) is 0 Å². The minimum Gasteiger partial charge on any atom is -0.434 e. The predicted octanol–water partition coefficient (Wildman–Crippen LogP) is 3.66. The van der Waals surface area contributed by atoms with Crippen molar-refractivity contribution in [3.05, 3.63) is 26.8 Å². The Hall–Kier alpha value is -0.720. The van der Waals surface area contributed by atoms with Crippen molar-refractivity contribution in [1.82, 2.24) is 0 Å². The third-order valence-electron chi connectivity index (χ3n) is 2.09. The van der Waals surface area contributed by atoms with E-state index in [2.05, 4.69) is 4.74 Å². The zero-order chi connectivity index (χ0) is 12.3. The Labute approximate surface area is 106 Å². The second-order valence-electron chi connectivity index (χ2n) is 3.24. The number of Topliss-reactive ketones (excluding diaryl/α,β-unsaturated/α-hetero) is 1. The quantitative estimate of drug-likeness (QED) is 0.618. The number of halogens is 3. The Balaban J connectivity index is 3.28. The highest BCUT2D eigenvalue weighted by Crippen LogP contribution is 2.28. The molecule has 5 heteroatoms. The summed E-state index contributed by atoms with van der Waals surface area (Å²) in [5.74, 6) is -0.311. The number of hydrogen-bond acceptors (Lipinski definition) is 2. The molecule has 2 nitrogen and oxygen atoms in total. The lowest BCUT2D eigenvalue weighted by Crippen LogP contribution is -2.08. The van der Waals surface area contributed by atoms with E-state index in [1.54, 1.807) is 6.07 Å². The van der Waals surface area contributed by atoms with Crippen LogP contribution in [0.2, 0.25) is 0 Å². The van der Waals surface area contributed by atoms with Gasteiger partial charge in [-0.2, -0.15) is 8.78 Å². The van der Waals surface area contributed by atoms with E-state index in [1.165, 1.54) is 13.0 Å². The predicted molar refractivity (Wildman–Crippen MR) is 65.2 cm³/mol. The summed E-state index contributed by atoms with van der Waals surface area (Å²) in [5, 5.41) is 0. The van der Waals surface area contributed by atoms with Gasteiger partial charge in [0.05, 0.1) is 5.56 Å². The van der Waals surface area contributed by atoms with Gasteiger partial charge in [0.25, 0.3) is 0 Å². The number of benzene rings is 1. The molecule has 0 aliphatic carbocycles. The number of rotatable bonds is 4. The molecule has 0 aromatic heterocycles. The third-order valence-corrected chi connectivity index (χ3v) is 2.94. The van der Waals surface area contributed by atoms with Crippen LogP contribution in [-0.2, 0) is 6.42 Å². The van der Waals surface area contributed by atoms with E-state index in [9.17, 15) is 13.6 Å². The van der Waals surface area contributed by atoms with Gasteiger partial charge in [-0.3, -0.25) is 4.79 Å². The second-order valence-corrected chi connectivity index (χ2v) is 4.40. The van der Waals surface area contributed by atoms with Crippen LogP contribution in [0.5, 0.6) is 5.75 Å². The summed E-state index contributed by atoms with van der Waals surface area (Å²) >= 11 is 1.95. The van der Waals surface area contributed by atoms with E-state index < -0.39 is 6.61 Å². The van der Waals surface area contributed by atoms with E-state index in [1.807, 2.05) is 29.5 Å². The smallest absolute Gasteiger partial charge is 0.387 e. The van der Waals surface area contributed by atoms with Crippen LogP contribution in [0.1, 0.15) is 29.8 Å². The molecular weight excluding hydrogens is 329 g/mol. The van der Waals surface area contributed by atoms with Crippen LogP contribution < -0.4 is 4.74 Å². The lowest BCUT2D eigenvalue weighted by molar-refractivity contribution is -0.0502. The van der Waals surface area contributed by atoms with Gasteiger partial charge in [0.1, 0.15) is 5.75 Å². The van der Waals surface area contributed by atoms with Gasteiger partial charge in [-0.05, 0) is 53.6 Å². The number of carbonyl (C=O) groups excluding carboxylic acids is 1. The molecule has 0 aliphatic rings. The normalized spacial score (nSPS) is 10.6. The Morgan fingerprint density at radius 3 is 2.56 bits per heavy atom. The molecule has 0 atom stereocenters. The number of aryl methyl sites for hydroxylation is 1. The molecule has 0 fully saturated rings. The Kier molecular flexibility index (Phi) is 4.64. The third kappa shape index (κ3) is 3.13. The van der Waals surface area contributed by atoms with Crippen molar-refractivity contribution >= 4 is 28.4 Å². The molecule has 1 rings (SSSR count). The summed E-state index contributed by atoms with van der Waals surface area (Å²) in [6.45, 7) is 0.327. The van der Waals surface area contributed by atoms with Crippen LogP contribution in [0.3, 0.4) is 0 Å². The van der Waals surface area contributed by atoms with Gasteiger partial charge in [0.15, 0.2) is 5.78 Å². The van der Waals surface area contributed by atoms with E-state index >= 15 is 0 Å². The molecule has 0 bridgehead atoms. The fourth-order valence-electron chi connectivity index (χ4n) is 1.37. The maximum atomic E-state index is 12.2. The molecule has 0 saturated carbocycles. The minimum atomic E-state index is -2.92. The van der Waals surface area contributed by atoms with Gasteiger partial charge in [-0.1, -0.05) is 6.92 Å². The molecule has 0 unspecified atom stereocenters. The average Bonchev–Trinajstić information content (AvgIpc) is 2.14. The Bertz CT molecular complexity index is 405.